The van der Waals surface area contributed by atoms with Gasteiger partial charge in [-0.15, -0.1) is 0 Å². The van der Waals surface area contributed by atoms with Gasteiger partial charge in [0.2, 0.25) is 5.91 Å². The maximum Gasteiger partial charge on any atom is 0.249 e. The van der Waals surface area contributed by atoms with Crippen molar-refractivity contribution in [1.29, 1.82) is 0 Å². The zero-order chi connectivity index (χ0) is 17.2. The summed E-state index contributed by atoms with van der Waals surface area (Å²) in [6.45, 7) is 1.53. The fourth-order valence-corrected chi connectivity index (χ4v) is 3.17. The van der Waals surface area contributed by atoms with Crippen molar-refractivity contribution in [3.05, 3.63) is 60.4 Å². The van der Waals surface area contributed by atoms with Gasteiger partial charge in [0.05, 0.1) is 17.6 Å². The van der Waals surface area contributed by atoms with Crippen molar-refractivity contribution in [2.75, 3.05) is 18.0 Å². The first-order valence-electron chi connectivity index (χ1n) is 8.22. The maximum atomic E-state index is 11.8. The first kappa shape index (κ1) is 15.4. The summed E-state index contributed by atoms with van der Waals surface area (Å²) < 4.78 is 5.99. The van der Waals surface area contributed by atoms with E-state index in [1.54, 1.807) is 18.5 Å². The molecule has 4 rings (SSSR count). The first-order valence-corrected chi connectivity index (χ1v) is 8.22. The summed E-state index contributed by atoms with van der Waals surface area (Å²) in [4.78, 5) is 22.7. The van der Waals surface area contributed by atoms with Crippen molar-refractivity contribution >= 4 is 22.6 Å². The van der Waals surface area contributed by atoms with Crippen LogP contribution in [0.3, 0.4) is 0 Å². The molecule has 3 aromatic rings. The number of ether oxygens (including phenoxy) is 1. The van der Waals surface area contributed by atoms with Gasteiger partial charge in [0.15, 0.2) is 0 Å². The van der Waals surface area contributed by atoms with E-state index in [0.717, 1.165) is 35.4 Å². The average molecular weight is 334 g/mol. The van der Waals surface area contributed by atoms with E-state index in [0.29, 0.717) is 12.1 Å². The number of rotatable bonds is 4. The molecule has 6 heteroatoms. The Balaban J connectivity index is 1.59. The van der Waals surface area contributed by atoms with E-state index < -0.39 is 5.91 Å². The molecule has 2 N–H and O–H groups in total. The monoisotopic (exact) mass is 334 g/mol. The van der Waals surface area contributed by atoms with Crippen LogP contribution in [0, 0.1) is 0 Å². The summed E-state index contributed by atoms with van der Waals surface area (Å²) in [7, 11) is 0. The fraction of sp³-hybridized carbons (Fsp3) is 0.211. The van der Waals surface area contributed by atoms with Crippen molar-refractivity contribution in [2.24, 2.45) is 5.73 Å². The minimum Gasteiger partial charge on any atom is -0.488 e. The Labute approximate surface area is 145 Å². The number of nitrogens with two attached hydrogens (primary N) is 1. The number of pyridine rings is 2. The molecular formula is C19H18N4O2. The molecule has 1 aliphatic rings. The molecule has 3 heterocycles. The third-order valence-corrected chi connectivity index (χ3v) is 4.39. The number of fused-ring (bicyclic) bond motifs is 1. The molecule has 1 amide bonds. The van der Waals surface area contributed by atoms with Crippen molar-refractivity contribution in [3.63, 3.8) is 0 Å². The maximum absolute atomic E-state index is 11.8. The van der Waals surface area contributed by atoms with Crippen LogP contribution in [0.5, 0.6) is 5.75 Å². The summed E-state index contributed by atoms with van der Waals surface area (Å²) in [5, 5.41) is 0.780. The number of carbonyl (C=O) groups is 1. The third kappa shape index (κ3) is 3.10. The Morgan fingerprint density at radius 2 is 2.00 bits per heavy atom. The van der Waals surface area contributed by atoms with E-state index in [4.69, 9.17) is 15.5 Å². The van der Waals surface area contributed by atoms with Gasteiger partial charge in [-0.05, 0) is 24.3 Å². The van der Waals surface area contributed by atoms with Crippen molar-refractivity contribution in [1.82, 2.24) is 9.97 Å². The molecule has 1 fully saturated rings. The number of para-hydroxylation sites is 1. The third-order valence-electron chi connectivity index (χ3n) is 4.39. The van der Waals surface area contributed by atoms with Crippen LogP contribution in [0.15, 0.2) is 54.9 Å². The Morgan fingerprint density at radius 3 is 2.80 bits per heavy atom. The summed E-state index contributed by atoms with van der Waals surface area (Å²) in [6.07, 6.45) is 4.40. The molecule has 0 radical (unpaired) electrons. The van der Waals surface area contributed by atoms with Gasteiger partial charge in [-0.25, -0.2) is 4.98 Å². The lowest BCUT2D eigenvalue weighted by molar-refractivity contribution is 0.100. The predicted molar refractivity (Wildman–Crippen MR) is 95.7 cm³/mol. The number of anilines is 1. The lowest BCUT2D eigenvalue weighted by Crippen LogP contribution is -2.26. The topological polar surface area (TPSA) is 81.3 Å². The molecule has 2 aromatic heterocycles. The minimum atomic E-state index is -0.441. The molecule has 0 aliphatic carbocycles. The number of hydrogen-bond donors (Lipinski definition) is 1. The highest BCUT2D eigenvalue weighted by molar-refractivity contribution is 6.06. The fourth-order valence-electron chi connectivity index (χ4n) is 3.17. The quantitative estimate of drug-likeness (QED) is 0.792. The second kappa shape index (κ2) is 6.39. The molecule has 25 heavy (non-hydrogen) atoms. The van der Waals surface area contributed by atoms with Gasteiger partial charge >= 0.3 is 0 Å². The molecule has 0 saturated carbocycles. The number of primary amides is 1. The lowest BCUT2D eigenvalue weighted by Gasteiger charge is -2.19. The molecule has 1 saturated heterocycles. The molecule has 126 valence electrons. The first-order chi connectivity index (χ1) is 12.2. The average Bonchev–Trinajstić information content (AvgIpc) is 3.10. The summed E-state index contributed by atoms with van der Waals surface area (Å²) in [5.41, 5.74) is 6.83. The van der Waals surface area contributed by atoms with Crippen LogP contribution in [0.2, 0.25) is 0 Å². The number of carbonyl (C=O) groups excluding carboxylic acids is 1. The number of nitrogens with zero attached hydrogens (tertiary/aromatic N) is 3. The van der Waals surface area contributed by atoms with Gasteiger partial charge in [0.1, 0.15) is 17.7 Å². The summed E-state index contributed by atoms with van der Waals surface area (Å²) in [6, 6.07) is 13.0. The zero-order valence-corrected chi connectivity index (χ0v) is 13.6. The van der Waals surface area contributed by atoms with Gasteiger partial charge in [0.25, 0.3) is 0 Å². The number of benzene rings is 1. The highest BCUT2D eigenvalue weighted by Crippen LogP contribution is 2.26. The molecule has 1 aromatic carbocycles. The summed E-state index contributed by atoms with van der Waals surface area (Å²) >= 11 is 0. The predicted octanol–water partition coefficient (Wildman–Crippen LogP) is 2.39. The van der Waals surface area contributed by atoms with Crippen molar-refractivity contribution in [2.45, 2.75) is 12.5 Å². The Kier molecular flexibility index (Phi) is 3.93. The van der Waals surface area contributed by atoms with Crippen LogP contribution < -0.4 is 15.4 Å². The van der Waals surface area contributed by atoms with Crippen LogP contribution in [-0.4, -0.2) is 35.1 Å². The van der Waals surface area contributed by atoms with Gasteiger partial charge in [0, 0.05) is 30.7 Å². The van der Waals surface area contributed by atoms with E-state index in [-0.39, 0.29) is 6.10 Å². The lowest BCUT2D eigenvalue weighted by atomic mass is 10.1. The van der Waals surface area contributed by atoms with E-state index in [9.17, 15) is 4.79 Å². The molecule has 0 unspecified atom stereocenters. The molecule has 0 bridgehead atoms. The standard InChI is InChI=1S/C19H18N4O2/c20-19(24)16-11-18(22-17-4-2-1-3-15(16)17)23-10-7-14(12-23)25-13-5-8-21-9-6-13/h1-6,8-9,11,14H,7,10,12H2,(H2,20,24)/t14-/m1/s1. The van der Waals surface area contributed by atoms with Gasteiger partial charge in [-0.3, -0.25) is 9.78 Å². The van der Waals surface area contributed by atoms with Gasteiger partial charge in [-0.1, -0.05) is 18.2 Å². The van der Waals surface area contributed by atoms with E-state index in [1.165, 1.54) is 0 Å². The highest BCUT2D eigenvalue weighted by atomic mass is 16.5. The van der Waals surface area contributed by atoms with E-state index in [1.807, 2.05) is 36.4 Å². The molecule has 0 spiro atoms. The van der Waals surface area contributed by atoms with Crippen molar-refractivity contribution in [3.8, 4) is 5.75 Å². The van der Waals surface area contributed by atoms with Gasteiger partial charge in [-0.2, -0.15) is 0 Å². The number of aromatic nitrogens is 2. The second-order valence-electron chi connectivity index (χ2n) is 6.07. The Bertz CT molecular complexity index is 914. The molecule has 1 aliphatic heterocycles. The summed E-state index contributed by atoms with van der Waals surface area (Å²) in [5.74, 6) is 1.13. The molecule has 6 nitrogen and oxygen atoms in total. The van der Waals surface area contributed by atoms with Crippen LogP contribution in [0.4, 0.5) is 5.82 Å². The SMILES string of the molecule is NC(=O)c1cc(N2CC[C@@H](Oc3ccncc3)C2)nc2ccccc12. The minimum absolute atomic E-state index is 0.0766. The number of hydrogen-bond acceptors (Lipinski definition) is 5. The Hall–Kier alpha value is -3.15. The van der Waals surface area contributed by atoms with E-state index in [2.05, 4.69) is 9.88 Å². The van der Waals surface area contributed by atoms with Crippen LogP contribution in [-0.2, 0) is 0 Å². The van der Waals surface area contributed by atoms with Crippen LogP contribution in [0.1, 0.15) is 16.8 Å². The normalized spacial score (nSPS) is 17.0. The molecule has 1 atom stereocenters. The highest BCUT2D eigenvalue weighted by Gasteiger charge is 2.26. The number of amides is 1. The van der Waals surface area contributed by atoms with Gasteiger partial charge < -0.3 is 15.4 Å². The van der Waals surface area contributed by atoms with Crippen molar-refractivity contribution < 1.29 is 9.53 Å². The smallest absolute Gasteiger partial charge is 0.249 e. The second-order valence-corrected chi connectivity index (χ2v) is 6.07. The Morgan fingerprint density at radius 1 is 1.20 bits per heavy atom. The molecular weight excluding hydrogens is 316 g/mol. The zero-order valence-electron chi connectivity index (χ0n) is 13.6. The largest absolute Gasteiger partial charge is 0.488 e. The van der Waals surface area contributed by atoms with Crippen LogP contribution in [0.25, 0.3) is 10.9 Å². The van der Waals surface area contributed by atoms with E-state index >= 15 is 0 Å². The van der Waals surface area contributed by atoms with Crippen LogP contribution >= 0.6 is 0 Å².